The Labute approximate surface area is 180 Å². The van der Waals surface area contributed by atoms with Gasteiger partial charge in [0.25, 0.3) is 0 Å². The van der Waals surface area contributed by atoms with Gasteiger partial charge in [-0.1, -0.05) is 51.1 Å². The number of rotatable bonds is 7. The first kappa shape index (κ1) is 22.4. The van der Waals surface area contributed by atoms with E-state index in [1.807, 2.05) is 25.2 Å². The van der Waals surface area contributed by atoms with Gasteiger partial charge in [-0.3, -0.25) is 4.99 Å². The minimum Gasteiger partial charge on any atom is -0.377 e. The highest BCUT2D eigenvalue weighted by atomic mass is 127. The number of fused-ring (bicyclic) bond motifs is 1. The fourth-order valence-corrected chi connectivity index (χ4v) is 4.24. The molecule has 4 unspecified atom stereocenters. The average Bonchev–Trinajstić information content (AvgIpc) is 3.10. The lowest BCUT2D eigenvalue weighted by atomic mass is 9.57. The molecule has 4 atom stereocenters. The fraction of sp³-hybridized carbons (Fsp3) is 0.667. The summed E-state index contributed by atoms with van der Waals surface area (Å²) in [5.41, 5.74) is 1.37. The monoisotopic (exact) mass is 487 g/mol. The average molecular weight is 487 g/mol. The van der Waals surface area contributed by atoms with E-state index in [1.165, 1.54) is 5.56 Å². The van der Waals surface area contributed by atoms with Crippen molar-refractivity contribution in [1.82, 2.24) is 10.6 Å². The molecule has 1 saturated heterocycles. The van der Waals surface area contributed by atoms with E-state index in [4.69, 9.17) is 9.47 Å². The van der Waals surface area contributed by atoms with Crippen LogP contribution < -0.4 is 10.6 Å². The van der Waals surface area contributed by atoms with Gasteiger partial charge in [0.2, 0.25) is 0 Å². The maximum Gasteiger partial charge on any atom is 0.191 e. The molecule has 1 heterocycles. The predicted molar refractivity (Wildman–Crippen MR) is 121 cm³/mol. The molecule has 6 heteroatoms. The number of ether oxygens (including phenoxy) is 2. The number of nitrogens with zero attached hydrogens (tertiary/aromatic N) is 1. The van der Waals surface area contributed by atoms with E-state index >= 15 is 0 Å². The van der Waals surface area contributed by atoms with Gasteiger partial charge in [0.1, 0.15) is 0 Å². The maximum absolute atomic E-state index is 5.87. The zero-order valence-electron chi connectivity index (χ0n) is 16.9. The third-order valence-corrected chi connectivity index (χ3v) is 5.75. The van der Waals surface area contributed by atoms with Crippen LogP contribution in [0.25, 0.3) is 0 Å². The Morgan fingerprint density at radius 1 is 1.33 bits per heavy atom. The first-order valence-electron chi connectivity index (χ1n) is 9.73. The number of nitrogens with one attached hydrogen (secondary N) is 2. The summed E-state index contributed by atoms with van der Waals surface area (Å²) in [5.74, 6) is 1.90. The largest absolute Gasteiger partial charge is 0.377 e. The Bertz CT molecular complexity index is 609. The van der Waals surface area contributed by atoms with Gasteiger partial charge in [-0.2, -0.15) is 0 Å². The summed E-state index contributed by atoms with van der Waals surface area (Å²) >= 11 is 0. The molecule has 2 fully saturated rings. The molecule has 1 aliphatic carbocycles. The lowest BCUT2D eigenvalue weighted by Crippen LogP contribution is -2.68. The normalized spacial score (nSPS) is 27.1. The van der Waals surface area contributed by atoms with Crippen molar-refractivity contribution in [1.29, 1.82) is 0 Å². The molecular formula is C21H34IN3O2. The quantitative estimate of drug-likeness (QED) is 0.352. The van der Waals surface area contributed by atoms with Crippen LogP contribution in [0.15, 0.2) is 35.3 Å². The summed E-state index contributed by atoms with van der Waals surface area (Å²) in [5, 5.41) is 7.07. The third-order valence-electron chi connectivity index (χ3n) is 5.75. The van der Waals surface area contributed by atoms with Crippen molar-refractivity contribution in [2.24, 2.45) is 22.2 Å². The van der Waals surface area contributed by atoms with Crippen LogP contribution in [0.4, 0.5) is 0 Å². The molecule has 27 heavy (non-hydrogen) atoms. The number of hydrogen-bond acceptors (Lipinski definition) is 3. The van der Waals surface area contributed by atoms with Crippen LogP contribution in [0.5, 0.6) is 0 Å². The summed E-state index contributed by atoms with van der Waals surface area (Å²) in [6.07, 6.45) is 1.54. The van der Waals surface area contributed by atoms with Crippen LogP contribution in [-0.4, -0.2) is 44.9 Å². The smallest absolute Gasteiger partial charge is 0.191 e. The van der Waals surface area contributed by atoms with Gasteiger partial charge in [-0.15, -0.1) is 24.0 Å². The maximum atomic E-state index is 5.87. The Morgan fingerprint density at radius 2 is 2.07 bits per heavy atom. The minimum atomic E-state index is 0. The zero-order valence-corrected chi connectivity index (χ0v) is 19.2. The second kappa shape index (κ2) is 10.1. The second-order valence-corrected chi connectivity index (χ2v) is 8.25. The van der Waals surface area contributed by atoms with Crippen molar-refractivity contribution < 1.29 is 9.47 Å². The third kappa shape index (κ3) is 5.35. The highest BCUT2D eigenvalue weighted by Crippen LogP contribution is 2.52. The Morgan fingerprint density at radius 3 is 2.78 bits per heavy atom. The highest BCUT2D eigenvalue weighted by molar-refractivity contribution is 14.0. The topological polar surface area (TPSA) is 54.9 Å². The zero-order chi connectivity index (χ0) is 18.6. The summed E-state index contributed by atoms with van der Waals surface area (Å²) in [7, 11) is 1.83. The molecule has 0 amide bonds. The highest BCUT2D eigenvalue weighted by Gasteiger charge is 2.59. The second-order valence-electron chi connectivity index (χ2n) is 8.25. The molecule has 2 N–H and O–H groups in total. The summed E-state index contributed by atoms with van der Waals surface area (Å²) < 4.78 is 11.7. The number of benzene rings is 1. The van der Waals surface area contributed by atoms with Gasteiger partial charge in [0.05, 0.1) is 19.3 Å². The molecule has 152 valence electrons. The predicted octanol–water partition coefficient (Wildman–Crippen LogP) is 3.44. The molecule has 0 bridgehead atoms. The number of guanidine groups is 1. The molecular weight excluding hydrogens is 453 g/mol. The summed E-state index contributed by atoms with van der Waals surface area (Å²) in [6.45, 7) is 9.88. The van der Waals surface area contributed by atoms with E-state index < -0.39 is 0 Å². The molecule has 3 rings (SSSR count). The van der Waals surface area contributed by atoms with Crippen molar-refractivity contribution in [3.63, 3.8) is 0 Å². The van der Waals surface area contributed by atoms with E-state index in [2.05, 4.69) is 48.5 Å². The molecule has 5 nitrogen and oxygen atoms in total. The fourth-order valence-electron chi connectivity index (χ4n) is 4.24. The van der Waals surface area contributed by atoms with Gasteiger partial charge < -0.3 is 20.1 Å². The molecule has 0 spiro atoms. The van der Waals surface area contributed by atoms with Crippen LogP contribution in [0.2, 0.25) is 0 Å². The van der Waals surface area contributed by atoms with Crippen molar-refractivity contribution in [2.45, 2.75) is 45.9 Å². The number of hydrogen-bond donors (Lipinski definition) is 2. The van der Waals surface area contributed by atoms with Crippen LogP contribution >= 0.6 is 24.0 Å². The molecule has 1 saturated carbocycles. The Balaban J connectivity index is 0.00000261. The van der Waals surface area contributed by atoms with Crippen LogP contribution in [-0.2, 0) is 16.1 Å². The van der Waals surface area contributed by atoms with E-state index in [0.717, 1.165) is 32.1 Å². The SMILES string of the molecule is CN=C(NCC(C)COCc1ccccc1)NC1C2CCOC2C1(C)C.I. The Hall–Kier alpha value is -0.860. The molecule has 1 aliphatic heterocycles. The van der Waals surface area contributed by atoms with Crippen molar-refractivity contribution in [2.75, 3.05) is 26.8 Å². The molecule has 2 aliphatic rings. The lowest BCUT2D eigenvalue weighted by Gasteiger charge is -2.54. The first-order valence-corrected chi connectivity index (χ1v) is 9.73. The Kier molecular flexibility index (Phi) is 8.37. The van der Waals surface area contributed by atoms with Gasteiger partial charge in [-0.05, 0) is 17.9 Å². The standard InChI is InChI=1S/C21H33N3O2.HI/c1-15(13-25-14-16-8-6-5-7-9-16)12-23-20(22-4)24-18-17-10-11-26-19(17)21(18,2)3;/h5-9,15,17-19H,10-14H2,1-4H3,(H2,22,23,24);1H. The van der Waals surface area contributed by atoms with Gasteiger partial charge in [0, 0.05) is 37.6 Å². The molecule has 1 aromatic carbocycles. The number of aliphatic imine (C=N–C) groups is 1. The first-order chi connectivity index (χ1) is 12.5. The van der Waals surface area contributed by atoms with Crippen LogP contribution in [0, 0.1) is 17.3 Å². The van der Waals surface area contributed by atoms with Gasteiger partial charge in [0.15, 0.2) is 5.96 Å². The molecule has 0 aromatic heterocycles. The van der Waals surface area contributed by atoms with Gasteiger partial charge in [-0.25, -0.2) is 0 Å². The van der Waals surface area contributed by atoms with Crippen LogP contribution in [0.1, 0.15) is 32.8 Å². The molecule has 0 radical (unpaired) electrons. The van der Waals surface area contributed by atoms with Gasteiger partial charge >= 0.3 is 0 Å². The summed E-state index contributed by atoms with van der Waals surface area (Å²) in [4.78, 5) is 4.40. The van der Waals surface area contributed by atoms with Crippen molar-refractivity contribution in [3.8, 4) is 0 Å². The lowest BCUT2D eigenvalue weighted by molar-refractivity contribution is -0.106. The van der Waals surface area contributed by atoms with Crippen molar-refractivity contribution >= 4 is 29.9 Å². The van der Waals surface area contributed by atoms with E-state index in [1.54, 1.807) is 0 Å². The van der Waals surface area contributed by atoms with E-state index in [-0.39, 0.29) is 29.4 Å². The van der Waals surface area contributed by atoms with Crippen molar-refractivity contribution in [3.05, 3.63) is 35.9 Å². The van der Waals surface area contributed by atoms with E-state index in [0.29, 0.717) is 30.6 Å². The minimum absolute atomic E-state index is 0. The summed E-state index contributed by atoms with van der Waals surface area (Å²) in [6, 6.07) is 10.7. The van der Waals surface area contributed by atoms with Crippen LogP contribution in [0.3, 0.4) is 0 Å². The number of halogens is 1. The van der Waals surface area contributed by atoms with E-state index in [9.17, 15) is 0 Å². The molecule has 1 aromatic rings.